The maximum Gasteiger partial charge on any atom is 0.331 e. The number of rotatable bonds is 7. The van der Waals surface area contributed by atoms with Crippen molar-refractivity contribution in [2.75, 3.05) is 25.2 Å². The zero-order chi connectivity index (χ0) is 18.1. The summed E-state index contributed by atoms with van der Waals surface area (Å²) in [5, 5.41) is 0. The van der Waals surface area contributed by atoms with Gasteiger partial charge in [-0.1, -0.05) is 36.4 Å². The van der Waals surface area contributed by atoms with E-state index >= 15 is 0 Å². The Labute approximate surface area is 147 Å². The van der Waals surface area contributed by atoms with E-state index < -0.39 is 5.97 Å². The number of ether oxygens (including phenoxy) is 2. The lowest BCUT2D eigenvalue weighted by atomic mass is 10.2. The van der Waals surface area contributed by atoms with Crippen LogP contribution >= 0.6 is 0 Å². The topological polar surface area (TPSA) is 55.8 Å². The molecule has 130 valence electrons. The van der Waals surface area contributed by atoms with Gasteiger partial charge in [-0.15, -0.1) is 0 Å². The molecule has 0 N–H and O–H groups in total. The van der Waals surface area contributed by atoms with Crippen molar-refractivity contribution in [3.05, 3.63) is 66.2 Å². The van der Waals surface area contributed by atoms with Gasteiger partial charge in [0.2, 0.25) is 0 Å². The molecule has 5 nitrogen and oxygen atoms in total. The first-order valence-corrected chi connectivity index (χ1v) is 7.99. The van der Waals surface area contributed by atoms with Crippen LogP contribution in [0.1, 0.15) is 12.5 Å². The number of methoxy groups -OCH3 is 1. The fraction of sp³-hybridized carbons (Fsp3) is 0.200. The average Bonchev–Trinajstić information content (AvgIpc) is 2.66. The van der Waals surface area contributed by atoms with Gasteiger partial charge in [-0.3, -0.25) is 4.79 Å². The van der Waals surface area contributed by atoms with Gasteiger partial charge in [-0.05, 0) is 31.2 Å². The lowest BCUT2D eigenvalue weighted by molar-refractivity contribution is -0.142. The van der Waals surface area contributed by atoms with Crippen LogP contribution in [0.4, 0.5) is 5.69 Å². The van der Waals surface area contributed by atoms with Crippen LogP contribution in [0.25, 0.3) is 6.08 Å². The van der Waals surface area contributed by atoms with E-state index in [1.165, 1.54) is 6.08 Å². The number of likely N-dealkylation sites (N-methyl/N-ethyl adjacent to an activating group) is 1. The smallest absolute Gasteiger partial charge is 0.331 e. The van der Waals surface area contributed by atoms with Crippen LogP contribution in [0.5, 0.6) is 5.75 Å². The number of para-hydroxylation sites is 2. The minimum atomic E-state index is -0.580. The highest BCUT2D eigenvalue weighted by atomic mass is 16.5. The van der Waals surface area contributed by atoms with E-state index in [1.54, 1.807) is 24.2 Å². The van der Waals surface area contributed by atoms with Crippen molar-refractivity contribution in [3.8, 4) is 5.75 Å². The number of benzene rings is 2. The summed E-state index contributed by atoms with van der Waals surface area (Å²) in [4.78, 5) is 25.7. The quantitative estimate of drug-likeness (QED) is 0.574. The molecule has 0 saturated carbocycles. The molecule has 0 aliphatic rings. The fourth-order valence-corrected chi connectivity index (χ4v) is 2.33. The third-order valence-electron chi connectivity index (χ3n) is 3.56. The number of carbonyl (C=O) groups excluding carboxylic acids is 2. The Hall–Kier alpha value is -3.08. The predicted octanol–water partition coefficient (Wildman–Crippen LogP) is 3.30. The number of anilines is 1. The molecule has 0 aromatic heterocycles. The number of hydrogen-bond donors (Lipinski definition) is 0. The molecule has 0 aliphatic carbocycles. The molecule has 0 heterocycles. The molecular weight excluding hydrogens is 318 g/mol. The minimum absolute atomic E-state index is 0.271. The maximum atomic E-state index is 12.3. The van der Waals surface area contributed by atoms with Gasteiger partial charge in [0.15, 0.2) is 6.61 Å². The lowest BCUT2D eigenvalue weighted by Gasteiger charge is -2.20. The van der Waals surface area contributed by atoms with Crippen LogP contribution in [-0.2, 0) is 14.3 Å². The van der Waals surface area contributed by atoms with Crippen LogP contribution in [0, 0.1) is 0 Å². The van der Waals surface area contributed by atoms with Crippen molar-refractivity contribution in [3.63, 3.8) is 0 Å². The highest BCUT2D eigenvalue weighted by Gasteiger charge is 2.15. The van der Waals surface area contributed by atoms with Crippen molar-refractivity contribution >= 4 is 23.6 Å². The van der Waals surface area contributed by atoms with E-state index in [0.717, 1.165) is 11.3 Å². The molecule has 0 fully saturated rings. The molecule has 25 heavy (non-hydrogen) atoms. The number of hydrogen-bond acceptors (Lipinski definition) is 4. The molecule has 0 spiro atoms. The monoisotopic (exact) mass is 339 g/mol. The zero-order valence-electron chi connectivity index (χ0n) is 14.3. The van der Waals surface area contributed by atoms with Crippen molar-refractivity contribution < 1.29 is 19.1 Å². The van der Waals surface area contributed by atoms with Gasteiger partial charge in [-0.2, -0.15) is 0 Å². The van der Waals surface area contributed by atoms with Gasteiger partial charge >= 0.3 is 5.97 Å². The van der Waals surface area contributed by atoms with Gasteiger partial charge in [-0.25, -0.2) is 4.79 Å². The molecule has 0 aliphatic heterocycles. The largest absolute Gasteiger partial charge is 0.496 e. The fourth-order valence-electron chi connectivity index (χ4n) is 2.33. The Morgan fingerprint density at radius 2 is 1.72 bits per heavy atom. The summed E-state index contributed by atoms with van der Waals surface area (Å²) >= 11 is 0. The summed E-state index contributed by atoms with van der Waals surface area (Å²) in [6.45, 7) is 2.06. The van der Waals surface area contributed by atoms with E-state index in [4.69, 9.17) is 9.47 Å². The van der Waals surface area contributed by atoms with E-state index in [0.29, 0.717) is 12.3 Å². The van der Waals surface area contributed by atoms with Crippen LogP contribution in [0.15, 0.2) is 60.7 Å². The molecule has 1 amide bonds. The second kappa shape index (κ2) is 9.27. The number of carbonyl (C=O) groups is 2. The second-order valence-corrected chi connectivity index (χ2v) is 5.16. The van der Waals surface area contributed by atoms with Crippen molar-refractivity contribution in [2.45, 2.75) is 6.92 Å². The van der Waals surface area contributed by atoms with E-state index in [-0.39, 0.29) is 12.5 Å². The maximum absolute atomic E-state index is 12.3. The molecule has 0 atom stereocenters. The Kier molecular flexibility index (Phi) is 6.77. The number of amides is 1. The molecule has 0 radical (unpaired) electrons. The zero-order valence-corrected chi connectivity index (χ0v) is 14.3. The summed E-state index contributed by atoms with van der Waals surface area (Å²) in [5.41, 5.74) is 1.53. The van der Waals surface area contributed by atoms with Gasteiger partial charge in [0.05, 0.1) is 7.11 Å². The van der Waals surface area contributed by atoms with Crippen LogP contribution in [0.3, 0.4) is 0 Å². The second-order valence-electron chi connectivity index (χ2n) is 5.16. The molecule has 2 rings (SSSR count). The summed E-state index contributed by atoms with van der Waals surface area (Å²) < 4.78 is 10.3. The molecular formula is C20H21NO4. The molecule has 2 aromatic rings. The summed E-state index contributed by atoms with van der Waals surface area (Å²) in [7, 11) is 1.56. The molecule has 0 bridgehead atoms. The first-order valence-electron chi connectivity index (χ1n) is 7.99. The third kappa shape index (κ3) is 5.21. The third-order valence-corrected chi connectivity index (χ3v) is 3.56. The van der Waals surface area contributed by atoms with Crippen LogP contribution in [0.2, 0.25) is 0 Å². The molecule has 0 unspecified atom stereocenters. The standard InChI is InChI=1S/C20H21NO4/c1-3-21(17-10-5-4-6-11-17)19(22)15-25-20(23)14-13-16-9-7-8-12-18(16)24-2/h4-14H,3,15H2,1-2H3/b14-13+. The van der Waals surface area contributed by atoms with Crippen molar-refractivity contribution in [2.24, 2.45) is 0 Å². The lowest BCUT2D eigenvalue weighted by Crippen LogP contribution is -2.34. The highest BCUT2D eigenvalue weighted by Crippen LogP contribution is 2.18. The van der Waals surface area contributed by atoms with Crippen molar-refractivity contribution in [1.29, 1.82) is 0 Å². The first kappa shape index (κ1) is 18.3. The Morgan fingerprint density at radius 3 is 2.40 bits per heavy atom. The summed E-state index contributed by atoms with van der Waals surface area (Å²) in [6.07, 6.45) is 2.88. The molecule has 5 heteroatoms. The van der Waals surface area contributed by atoms with Gasteiger partial charge < -0.3 is 14.4 Å². The number of nitrogens with zero attached hydrogens (tertiary/aromatic N) is 1. The minimum Gasteiger partial charge on any atom is -0.496 e. The molecule has 0 saturated heterocycles. The summed E-state index contributed by atoms with van der Waals surface area (Å²) in [6, 6.07) is 16.6. The van der Waals surface area contributed by atoms with Gasteiger partial charge in [0.1, 0.15) is 5.75 Å². The molecule has 2 aromatic carbocycles. The van der Waals surface area contributed by atoms with E-state index in [2.05, 4.69) is 0 Å². The normalized spacial score (nSPS) is 10.5. The van der Waals surface area contributed by atoms with E-state index in [9.17, 15) is 9.59 Å². The summed E-state index contributed by atoms with van der Waals surface area (Å²) in [5.74, 6) is -0.194. The van der Waals surface area contributed by atoms with Crippen LogP contribution < -0.4 is 9.64 Å². The van der Waals surface area contributed by atoms with Crippen molar-refractivity contribution in [1.82, 2.24) is 0 Å². The first-order chi connectivity index (χ1) is 12.2. The van der Waals surface area contributed by atoms with Gasteiger partial charge in [0.25, 0.3) is 5.91 Å². The Morgan fingerprint density at radius 1 is 1.04 bits per heavy atom. The Bertz CT molecular complexity index is 740. The predicted molar refractivity (Wildman–Crippen MR) is 97.5 cm³/mol. The Balaban J connectivity index is 1.92. The number of esters is 1. The SMILES string of the molecule is CCN(C(=O)COC(=O)/C=C/c1ccccc1OC)c1ccccc1. The van der Waals surface area contributed by atoms with Gasteiger partial charge in [0, 0.05) is 23.9 Å². The average molecular weight is 339 g/mol. The van der Waals surface area contributed by atoms with Crippen LogP contribution in [-0.4, -0.2) is 32.1 Å². The van der Waals surface area contributed by atoms with E-state index in [1.807, 2.05) is 55.5 Å². The highest BCUT2D eigenvalue weighted by molar-refractivity contribution is 5.96.